The van der Waals surface area contributed by atoms with Crippen LogP contribution in [0.4, 0.5) is 0 Å². The van der Waals surface area contributed by atoms with Gasteiger partial charge < -0.3 is 28.1 Å². The number of hydrogen-bond donors (Lipinski definition) is 0. The van der Waals surface area contributed by atoms with E-state index in [0.717, 1.165) is 0 Å². The average Bonchev–Trinajstić information content (AvgIpc) is 2.54. The zero-order valence-electron chi connectivity index (χ0n) is 18.8. The Morgan fingerprint density at radius 1 is 0.862 bits per heavy atom. The molecule has 0 bridgehead atoms. The SMILES string of the molecule is CO[C@H]1O[C@H](CO[Si](C)(C)C(C)(C)C)[C@@H](OC(C)=O)[C@H](OC(C)=O)[C@@H]1OC(C)=O. The van der Waals surface area contributed by atoms with E-state index in [4.69, 9.17) is 28.1 Å². The molecule has 0 aromatic carbocycles. The van der Waals surface area contributed by atoms with Gasteiger partial charge in [-0.1, -0.05) is 20.8 Å². The summed E-state index contributed by atoms with van der Waals surface area (Å²) in [5.41, 5.74) is 0. The first-order valence-electron chi connectivity index (χ1n) is 9.53. The van der Waals surface area contributed by atoms with Crippen molar-refractivity contribution in [3.05, 3.63) is 0 Å². The molecule has 1 aliphatic heterocycles. The van der Waals surface area contributed by atoms with Crippen molar-refractivity contribution in [1.82, 2.24) is 0 Å². The van der Waals surface area contributed by atoms with Crippen molar-refractivity contribution in [2.24, 2.45) is 0 Å². The predicted octanol–water partition coefficient (Wildman–Crippen LogP) is 2.17. The van der Waals surface area contributed by atoms with Gasteiger partial charge in [0.15, 0.2) is 32.9 Å². The van der Waals surface area contributed by atoms with Crippen molar-refractivity contribution < 1.29 is 42.5 Å². The lowest BCUT2D eigenvalue weighted by Gasteiger charge is -2.45. The molecule has 0 saturated carbocycles. The molecule has 1 aliphatic rings. The van der Waals surface area contributed by atoms with Crippen molar-refractivity contribution >= 4 is 26.2 Å². The monoisotopic (exact) mass is 434 g/mol. The van der Waals surface area contributed by atoms with Gasteiger partial charge in [-0.3, -0.25) is 14.4 Å². The van der Waals surface area contributed by atoms with Gasteiger partial charge in [0.2, 0.25) is 0 Å². The molecular weight excluding hydrogens is 400 g/mol. The molecule has 0 N–H and O–H groups in total. The molecule has 1 rings (SSSR count). The summed E-state index contributed by atoms with van der Waals surface area (Å²) < 4.78 is 33.5. The number of rotatable bonds is 7. The maximum Gasteiger partial charge on any atom is 0.303 e. The molecule has 168 valence electrons. The highest BCUT2D eigenvalue weighted by atomic mass is 28.4. The van der Waals surface area contributed by atoms with Crippen LogP contribution in [0.3, 0.4) is 0 Å². The highest BCUT2D eigenvalue weighted by molar-refractivity contribution is 6.74. The molecule has 0 aromatic rings. The fraction of sp³-hybridized carbons (Fsp3) is 0.842. The number of ether oxygens (including phenoxy) is 5. The molecule has 10 heteroatoms. The van der Waals surface area contributed by atoms with E-state index in [1.54, 1.807) is 0 Å². The lowest BCUT2D eigenvalue weighted by molar-refractivity contribution is -0.301. The van der Waals surface area contributed by atoms with E-state index in [1.807, 2.05) is 0 Å². The number of carbonyl (C=O) groups is 3. The van der Waals surface area contributed by atoms with Crippen LogP contribution in [-0.4, -0.2) is 70.6 Å². The summed E-state index contributed by atoms with van der Waals surface area (Å²) in [7, 11) is -0.763. The summed E-state index contributed by atoms with van der Waals surface area (Å²) in [6.45, 7) is 14.2. The van der Waals surface area contributed by atoms with Crippen molar-refractivity contribution in [3.8, 4) is 0 Å². The molecule has 0 aliphatic carbocycles. The largest absolute Gasteiger partial charge is 0.456 e. The van der Waals surface area contributed by atoms with Crippen LogP contribution in [0, 0.1) is 0 Å². The molecule has 1 fully saturated rings. The molecule has 0 amide bonds. The van der Waals surface area contributed by atoms with Gasteiger partial charge in [0.05, 0.1) is 6.61 Å². The summed E-state index contributed by atoms with van der Waals surface area (Å²) in [4.78, 5) is 35.0. The molecule has 1 heterocycles. The Bertz CT molecular complexity index is 599. The maximum atomic E-state index is 11.7. The second kappa shape index (κ2) is 10.0. The second-order valence-electron chi connectivity index (χ2n) is 8.57. The third kappa shape index (κ3) is 7.05. The number of esters is 3. The number of hydrogen-bond acceptors (Lipinski definition) is 9. The first kappa shape index (κ1) is 25.5. The predicted molar refractivity (Wildman–Crippen MR) is 105 cm³/mol. The van der Waals surface area contributed by atoms with Gasteiger partial charge in [-0.25, -0.2) is 0 Å². The summed E-state index contributed by atoms with van der Waals surface area (Å²) in [6.07, 6.45) is -5.05. The van der Waals surface area contributed by atoms with E-state index in [1.165, 1.54) is 27.9 Å². The van der Waals surface area contributed by atoms with Crippen LogP contribution < -0.4 is 0 Å². The molecule has 0 unspecified atom stereocenters. The molecule has 9 nitrogen and oxygen atoms in total. The zero-order valence-corrected chi connectivity index (χ0v) is 19.8. The van der Waals surface area contributed by atoms with Gasteiger partial charge >= 0.3 is 17.9 Å². The minimum Gasteiger partial charge on any atom is -0.456 e. The third-order valence-corrected chi connectivity index (χ3v) is 9.64. The maximum absolute atomic E-state index is 11.7. The van der Waals surface area contributed by atoms with Gasteiger partial charge in [-0.05, 0) is 18.1 Å². The fourth-order valence-corrected chi connectivity index (χ4v) is 3.70. The van der Waals surface area contributed by atoms with Gasteiger partial charge in [-0.15, -0.1) is 0 Å². The molecule has 0 radical (unpaired) electrons. The van der Waals surface area contributed by atoms with Crippen molar-refractivity contribution in [1.29, 1.82) is 0 Å². The van der Waals surface area contributed by atoms with Crippen molar-refractivity contribution in [2.75, 3.05) is 13.7 Å². The first-order chi connectivity index (χ1) is 13.2. The van der Waals surface area contributed by atoms with Crippen LogP contribution in [0.15, 0.2) is 0 Å². The standard InChI is InChI=1S/C19H34O9Si/c1-11(20)25-15-14(10-24-29(8,9)19(4,5)6)28-18(23-7)17(27-13(3)22)16(15)26-12(2)21/h14-18H,10H2,1-9H3/t14-,15-,16+,17+,18+/m1/s1. The van der Waals surface area contributed by atoms with E-state index in [-0.39, 0.29) is 11.6 Å². The molecule has 5 atom stereocenters. The second-order valence-corrected chi connectivity index (χ2v) is 13.4. The average molecular weight is 435 g/mol. The Labute approximate surface area is 173 Å². The molecule has 29 heavy (non-hydrogen) atoms. The van der Waals surface area contributed by atoms with Crippen molar-refractivity contribution in [3.63, 3.8) is 0 Å². The van der Waals surface area contributed by atoms with Gasteiger partial charge in [-0.2, -0.15) is 0 Å². The normalized spacial score (nSPS) is 27.8. The summed E-state index contributed by atoms with van der Waals surface area (Å²) in [6, 6.07) is 0. The zero-order chi connectivity index (χ0) is 22.6. The highest BCUT2D eigenvalue weighted by Crippen LogP contribution is 2.37. The topological polar surface area (TPSA) is 107 Å². The first-order valence-corrected chi connectivity index (χ1v) is 12.4. The van der Waals surface area contributed by atoms with E-state index < -0.39 is 56.9 Å². The van der Waals surface area contributed by atoms with E-state index in [0.29, 0.717) is 0 Å². The fourth-order valence-electron chi connectivity index (χ4n) is 2.69. The third-order valence-electron chi connectivity index (χ3n) is 5.14. The Kier molecular flexibility index (Phi) is 8.82. The summed E-state index contributed by atoms with van der Waals surface area (Å²) >= 11 is 0. The highest BCUT2D eigenvalue weighted by Gasteiger charge is 2.52. The number of carbonyl (C=O) groups excluding carboxylic acids is 3. The number of methoxy groups -OCH3 is 1. The van der Waals surface area contributed by atoms with Crippen LogP contribution in [0.1, 0.15) is 41.5 Å². The Balaban J connectivity index is 3.23. The molecular formula is C19H34O9Si. The van der Waals surface area contributed by atoms with Gasteiger partial charge in [0.25, 0.3) is 0 Å². The minimum absolute atomic E-state index is 0.0468. The van der Waals surface area contributed by atoms with Crippen LogP contribution >= 0.6 is 0 Å². The molecule has 0 spiro atoms. The van der Waals surface area contributed by atoms with Crippen LogP contribution in [-0.2, 0) is 42.5 Å². The Hall–Kier alpha value is -1.49. The van der Waals surface area contributed by atoms with Crippen LogP contribution in [0.25, 0.3) is 0 Å². The Morgan fingerprint density at radius 3 is 1.72 bits per heavy atom. The van der Waals surface area contributed by atoms with Crippen molar-refractivity contribution in [2.45, 2.75) is 90.4 Å². The van der Waals surface area contributed by atoms with Crippen LogP contribution in [0.5, 0.6) is 0 Å². The van der Waals surface area contributed by atoms with E-state index in [2.05, 4.69) is 33.9 Å². The summed E-state index contributed by atoms with van der Waals surface area (Å²) in [5, 5.41) is -0.0468. The van der Waals surface area contributed by atoms with Crippen LogP contribution in [0.2, 0.25) is 18.1 Å². The smallest absolute Gasteiger partial charge is 0.303 e. The molecule has 0 aromatic heterocycles. The lowest BCUT2D eigenvalue weighted by atomic mass is 9.98. The van der Waals surface area contributed by atoms with E-state index in [9.17, 15) is 14.4 Å². The van der Waals surface area contributed by atoms with E-state index >= 15 is 0 Å². The minimum atomic E-state index is -2.14. The quantitative estimate of drug-likeness (QED) is 0.338. The summed E-state index contributed by atoms with van der Waals surface area (Å²) in [5.74, 6) is -1.83. The lowest BCUT2D eigenvalue weighted by Crippen LogP contribution is -2.63. The Morgan fingerprint density at radius 2 is 1.31 bits per heavy atom. The molecule has 1 saturated heterocycles. The van der Waals surface area contributed by atoms with Gasteiger partial charge in [0.1, 0.15) is 6.10 Å². The van der Waals surface area contributed by atoms with Gasteiger partial charge in [0, 0.05) is 27.9 Å².